The van der Waals surface area contributed by atoms with Crippen molar-refractivity contribution in [1.29, 1.82) is 0 Å². The molecule has 1 aromatic carbocycles. The van der Waals surface area contributed by atoms with Crippen molar-refractivity contribution in [3.63, 3.8) is 0 Å². The Labute approximate surface area is 123 Å². The van der Waals surface area contributed by atoms with Gasteiger partial charge in [0.1, 0.15) is 5.82 Å². The van der Waals surface area contributed by atoms with E-state index in [0.717, 1.165) is 28.5 Å². The molecule has 0 spiro atoms. The van der Waals surface area contributed by atoms with Crippen molar-refractivity contribution in [3.8, 4) is 0 Å². The fourth-order valence-corrected chi connectivity index (χ4v) is 2.64. The quantitative estimate of drug-likeness (QED) is 0.885. The van der Waals surface area contributed by atoms with Gasteiger partial charge < -0.3 is 10.2 Å². The summed E-state index contributed by atoms with van der Waals surface area (Å²) in [5, 5.41) is 6.32. The number of benzene rings is 1. The molecule has 2 rings (SSSR count). The van der Waals surface area contributed by atoms with Gasteiger partial charge in [-0.3, -0.25) is 0 Å². The number of hydrogen-bond donors (Lipinski definition) is 1. The van der Waals surface area contributed by atoms with E-state index in [-0.39, 0.29) is 5.82 Å². The molecule has 0 aliphatic carbocycles. The molecular formula is C15H20FN3S. The zero-order chi connectivity index (χ0) is 14.5. The molecule has 0 atom stereocenters. The Hall–Kier alpha value is -1.46. The maximum Gasteiger partial charge on any atom is 0.125 e. The standard InChI is InChI=1S/C15H20FN3S/c1-4-17-8-12-5-13(16)7-15(6-12)19(3)9-14-10-20-11(2)18-14/h5-7,10,17H,4,8-9H2,1-3H3. The molecule has 0 aliphatic rings. The van der Waals surface area contributed by atoms with Gasteiger partial charge in [0.15, 0.2) is 0 Å². The van der Waals surface area contributed by atoms with Gasteiger partial charge >= 0.3 is 0 Å². The van der Waals surface area contributed by atoms with E-state index in [1.807, 2.05) is 37.2 Å². The summed E-state index contributed by atoms with van der Waals surface area (Å²) in [5.41, 5.74) is 2.86. The highest BCUT2D eigenvalue weighted by Gasteiger charge is 2.08. The maximum atomic E-state index is 13.7. The maximum absolute atomic E-state index is 13.7. The van der Waals surface area contributed by atoms with Crippen LogP contribution in [0.3, 0.4) is 0 Å². The van der Waals surface area contributed by atoms with Gasteiger partial charge in [0.05, 0.1) is 17.2 Å². The summed E-state index contributed by atoms with van der Waals surface area (Å²) in [4.78, 5) is 6.46. The van der Waals surface area contributed by atoms with E-state index in [4.69, 9.17) is 0 Å². The van der Waals surface area contributed by atoms with E-state index in [0.29, 0.717) is 13.1 Å². The largest absolute Gasteiger partial charge is 0.369 e. The summed E-state index contributed by atoms with van der Waals surface area (Å²) in [5.74, 6) is -0.197. The van der Waals surface area contributed by atoms with Crippen molar-refractivity contribution >= 4 is 17.0 Å². The predicted molar refractivity (Wildman–Crippen MR) is 82.7 cm³/mol. The van der Waals surface area contributed by atoms with Crippen molar-refractivity contribution in [3.05, 3.63) is 45.7 Å². The highest BCUT2D eigenvalue weighted by atomic mass is 32.1. The number of thiazole rings is 1. The highest BCUT2D eigenvalue weighted by molar-refractivity contribution is 7.09. The molecule has 2 aromatic rings. The second-order valence-corrected chi connectivity index (χ2v) is 5.87. The lowest BCUT2D eigenvalue weighted by atomic mass is 10.1. The first-order valence-corrected chi connectivity index (χ1v) is 7.58. The molecular weight excluding hydrogens is 273 g/mol. The van der Waals surface area contributed by atoms with Gasteiger partial charge in [-0.2, -0.15) is 0 Å². The number of rotatable bonds is 6. The molecule has 20 heavy (non-hydrogen) atoms. The molecule has 0 saturated carbocycles. The number of nitrogens with one attached hydrogen (secondary N) is 1. The Morgan fingerprint density at radius 1 is 1.35 bits per heavy atom. The Morgan fingerprint density at radius 3 is 2.80 bits per heavy atom. The summed E-state index contributed by atoms with van der Waals surface area (Å²) < 4.78 is 13.7. The molecule has 0 saturated heterocycles. The van der Waals surface area contributed by atoms with E-state index in [2.05, 4.69) is 10.3 Å². The number of aromatic nitrogens is 1. The normalized spacial score (nSPS) is 10.8. The molecule has 0 fully saturated rings. The van der Waals surface area contributed by atoms with Crippen molar-refractivity contribution < 1.29 is 4.39 Å². The Morgan fingerprint density at radius 2 is 2.15 bits per heavy atom. The SMILES string of the molecule is CCNCc1cc(F)cc(N(C)Cc2csc(C)n2)c1. The summed E-state index contributed by atoms with van der Waals surface area (Å²) >= 11 is 1.64. The molecule has 0 radical (unpaired) electrons. The van der Waals surface area contributed by atoms with Gasteiger partial charge in [0.2, 0.25) is 0 Å². The molecule has 1 aromatic heterocycles. The minimum absolute atomic E-state index is 0.197. The molecule has 0 amide bonds. The van der Waals surface area contributed by atoms with Gasteiger partial charge in [-0.15, -0.1) is 11.3 Å². The molecule has 0 bridgehead atoms. The topological polar surface area (TPSA) is 28.2 Å². The first-order valence-electron chi connectivity index (χ1n) is 6.71. The van der Waals surface area contributed by atoms with Gasteiger partial charge in [-0.1, -0.05) is 6.92 Å². The number of hydrogen-bond acceptors (Lipinski definition) is 4. The van der Waals surface area contributed by atoms with Gasteiger partial charge in [0, 0.05) is 24.7 Å². The smallest absolute Gasteiger partial charge is 0.125 e. The molecule has 3 nitrogen and oxygen atoms in total. The number of aryl methyl sites for hydroxylation is 1. The van der Waals surface area contributed by atoms with Crippen LogP contribution in [0.25, 0.3) is 0 Å². The minimum Gasteiger partial charge on any atom is -0.369 e. The summed E-state index contributed by atoms with van der Waals surface area (Å²) in [6.07, 6.45) is 0. The van der Waals surface area contributed by atoms with Crippen LogP contribution in [0.1, 0.15) is 23.2 Å². The Bertz CT molecular complexity index is 568. The van der Waals surface area contributed by atoms with E-state index in [1.54, 1.807) is 23.5 Å². The van der Waals surface area contributed by atoms with Crippen molar-refractivity contribution in [2.75, 3.05) is 18.5 Å². The van der Waals surface area contributed by atoms with Crippen LogP contribution in [0.15, 0.2) is 23.6 Å². The summed E-state index contributed by atoms with van der Waals surface area (Å²) in [6.45, 7) is 6.28. The van der Waals surface area contributed by atoms with Crippen LogP contribution in [-0.4, -0.2) is 18.6 Å². The summed E-state index contributed by atoms with van der Waals surface area (Å²) in [6, 6.07) is 5.16. The fraction of sp³-hybridized carbons (Fsp3) is 0.400. The molecule has 1 N–H and O–H groups in total. The van der Waals surface area contributed by atoms with Crippen molar-refractivity contribution in [2.24, 2.45) is 0 Å². The fourth-order valence-electron chi connectivity index (χ4n) is 2.04. The van der Waals surface area contributed by atoms with Crippen LogP contribution in [0.2, 0.25) is 0 Å². The van der Waals surface area contributed by atoms with Gasteiger partial charge in [0.25, 0.3) is 0 Å². The van der Waals surface area contributed by atoms with E-state index in [1.165, 1.54) is 0 Å². The van der Waals surface area contributed by atoms with Gasteiger partial charge in [-0.05, 0) is 37.2 Å². The molecule has 1 heterocycles. The first-order chi connectivity index (χ1) is 9.58. The lowest BCUT2D eigenvalue weighted by Gasteiger charge is -2.19. The monoisotopic (exact) mass is 293 g/mol. The zero-order valence-electron chi connectivity index (χ0n) is 12.1. The third-order valence-electron chi connectivity index (χ3n) is 3.03. The van der Waals surface area contributed by atoms with Crippen molar-refractivity contribution in [1.82, 2.24) is 10.3 Å². The highest BCUT2D eigenvalue weighted by Crippen LogP contribution is 2.20. The molecule has 5 heteroatoms. The minimum atomic E-state index is -0.197. The number of halogens is 1. The van der Waals surface area contributed by atoms with E-state index >= 15 is 0 Å². The summed E-state index contributed by atoms with van der Waals surface area (Å²) in [7, 11) is 1.96. The van der Waals surface area contributed by atoms with Crippen LogP contribution < -0.4 is 10.2 Å². The second-order valence-electron chi connectivity index (χ2n) is 4.81. The Balaban J connectivity index is 2.12. The molecule has 0 aliphatic heterocycles. The zero-order valence-corrected chi connectivity index (χ0v) is 12.9. The van der Waals surface area contributed by atoms with Crippen molar-refractivity contribution in [2.45, 2.75) is 26.9 Å². The molecule has 108 valence electrons. The third-order valence-corrected chi connectivity index (χ3v) is 3.85. The van der Waals surface area contributed by atoms with E-state index < -0.39 is 0 Å². The lowest BCUT2D eigenvalue weighted by Crippen LogP contribution is -2.18. The molecule has 0 unspecified atom stereocenters. The van der Waals surface area contributed by atoms with Gasteiger partial charge in [-0.25, -0.2) is 9.37 Å². The average Bonchev–Trinajstić information content (AvgIpc) is 2.81. The van der Waals surface area contributed by atoms with E-state index in [9.17, 15) is 4.39 Å². The number of anilines is 1. The second kappa shape index (κ2) is 6.81. The Kier molecular flexibility index (Phi) is 5.09. The lowest BCUT2D eigenvalue weighted by molar-refractivity contribution is 0.621. The number of nitrogens with zero attached hydrogens (tertiary/aromatic N) is 2. The van der Waals surface area contributed by atoms with Crippen LogP contribution in [0, 0.1) is 12.7 Å². The van der Waals surface area contributed by atoms with Crippen LogP contribution in [0.5, 0.6) is 0 Å². The predicted octanol–water partition coefficient (Wildman–Crippen LogP) is 3.34. The average molecular weight is 293 g/mol. The first kappa shape index (κ1) is 14.9. The third kappa shape index (κ3) is 4.02. The van der Waals surface area contributed by atoms with Crippen LogP contribution in [0.4, 0.5) is 10.1 Å². The van der Waals surface area contributed by atoms with Crippen LogP contribution in [-0.2, 0) is 13.1 Å². The van der Waals surface area contributed by atoms with Crippen LogP contribution >= 0.6 is 11.3 Å².